The molecule has 0 saturated carbocycles. The van der Waals surface area contributed by atoms with Crippen molar-refractivity contribution in [2.45, 2.75) is 60.3 Å². The average Bonchev–Trinajstić information content (AvgIpc) is 3.55. The molecule has 0 atom stereocenters. The molecule has 1 aromatic carbocycles. The molecule has 11 heteroatoms. The molecule has 0 radical (unpaired) electrons. The fourth-order valence-corrected chi connectivity index (χ4v) is 5.18. The molecule has 47 heavy (non-hydrogen) atoms. The second kappa shape index (κ2) is 26.0. The van der Waals surface area contributed by atoms with Crippen molar-refractivity contribution in [2.24, 2.45) is 3.95 Å². The van der Waals surface area contributed by atoms with E-state index in [1.165, 1.54) is 60.1 Å². The van der Waals surface area contributed by atoms with Crippen molar-refractivity contribution in [3.63, 3.8) is 0 Å². The van der Waals surface area contributed by atoms with Crippen LogP contribution < -0.4 is 25.8 Å². The van der Waals surface area contributed by atoms with Crippen molar-refractivity contribution < 1.29 is 34.1 Å². The SMILES string of the molecule is C=C(F)C(=O)N1CCN(C(=N)C(=C)CCN(CC)C(=CCC)c2c(C)cccc2/C=C\C)CC1.CC#N.CN1CCCC1.CO[I-]N. The molecular formula is C36H58FIN7O2-. The minimum atomic E-state index is -0.935. The number of carbonyl (C=O) groups excluding carboxylic acids is 1. The summed E-state index contributed by atoms with van der Waals surface area (Å²) >= 11 is -0.389. The average molecular weight is 767 g/mol. The summed E-state index contributed by atoms with van der Waals surface area (Å²) in [6.45, 7) is 23.2. The number of piperazine rings is 1. The number of aryl methyl sites for hydroxylation is 1. The quantitative estimate of drug-likeness (QED) is 0.117. The Morgan fingerprint density at radius 3 is 2.15 bits per heavy atom. The molecule has 2 saturated heterocycles. The van der Waals surface area contributed by atoms with Gasteiger partial charge in [-0.25, -0.2) is 4.39 Å². The van der Waals surface area contributed by atoms with Crippen LogP contribution in [0.4, 0.5) is 4.39 Å². The monoisotopic (exact) mass is 766 g/mol. The molecule has 0 unspecified atom stereocenters. The summed E-state index contributed by atoms with van der Waals surface area (Å²) < 4.78 is 22.5. The summed E-state index contributed by atoms with van der Waals surface area (Å²) in [5, 5.41) is 15.9. The molecule has 2 heterocycles. The van der Waals surface area contributed by atoms with Gasteiger partial charge >= 0.3 is 36.0 Å². The molecule has 0 aromatic heterocycles. The number of nitrogens with zero attached hydrogens (tertiary/aromatic N) is 5. The van der Waals surface area contributed by atoms with Gasteiger partial charge in [-0.1, -0.05) is 56.5 Å². The maximum atomic E-state index is 13.1. The van der Waals surface area contributed by atoms with Gasteiger partial charge in [0.25, 0.3) is 5.91 Å². The van der Waals surface area contributed by atoms with Crippen LogP contribution in [0, 0.1) is 23.7 Å². The number of hydrogen-bond acceptors (Lipinski definition) is 7. The van der Waals surface area contributed by atoms with Gasteiger partial charge in [0.2, 0.25) is 0 Å². The Morgan fingerprint density at radius 2 is 1.72 bits per heavy atom. The Labute approximate surface area is 295 Å². The molecule has 0 aliphatic carbocycles. The van der Waals surface area contributed by atoms with Crippen molar-refractivity contribution in [1.82, 2.24) is 19.6 Å². The summed E-state index contributed by atoms with van der Waals surface area (Å²) in [6.07, 6.45) is 10.9. The second-order valence-electron chi connectivity index (χ2n) is 11.0. The Bertz CT molecular complexity index is 1210. The predicted molar refractivity (Wildman–Crippen MR) is 191 cm³/mol. The molecule has 2 aliphatic rings. The summed E-state index contributed by atoms with van der Waals surface area (Å²) in [5.74, 6) is -1.20. The van der Waals surface area contributed by atoms with E-state index in [0.717, 1.165) is 25.1 Å². The van der Waals surface area contributed by atoms with Gasteiger partial charge in [-0.15, -0.1) is 0 Å². The molecule has 2 aliphatic heterocycles. The van der Waals surface area contributed by atoms with Crippen molar-refractivity contribution in [3.05, 3.63) is 71.6 Å². The van der Waals surface area contributed by atoms with Crippen LogP contribution in [0.3, 0.4) is 0 Å². The minimum absolute atomic E-state index is 0.378. The van der Waals surface area contributed by atoms with Crippen molar-refractivity contribution in [1.29, 1.82) is 10.7 Å². The molecule has 264 valence electrons. The van der Waals surface area contributed by atoms with E-state index in [2.05, 4.69) is 90.3 Å². The number of amides is 1. The molecule has 3 rings (SSSR count). The molecule has 1 amide bonds. The third kappa shape index (κ3) is 16.6. The summed E-state index contributed by atoms with van der Waals surface area (Å²) in [5.41, 5.74) is 5.68. The number of halogens is 2. The molecular weight excluding hydrogens is 708 g/mol. The molecule has 2 fully saturated rings. The van der Waals surface area contributed by atoms with Gasteiger partial charge in [-0.05, 0) is 83.3 Å². The van der Waals surface area contributed by atoms with E-state index in [9.17, 15) is 9.18 Å². The first-order chi connectivity index (χ1) is 22.5. The zero-order valence-corrected chi connectivity index (χ0v) is 31.9. The van der Waals surface area contributed by atoms with E-state index in [-0.39, 0.29) is 21.9 Å². The maximum absolute atomic E-state index is 13.1. The van der Waals surface area contributed by atoms with Crippen LogP contribution in [0.25, 0.3) is 11.8 Å². The van der Waals surface area contributed by atoms with Crippen LogP contribution in [0.5, 0.6) is 0 Å². The van der Waals surface area contributed by atoms with E-state index >= 15 is 0 Å². The van der Waals surface area contributed by atoms with Crippen LogP contribution in [0.2, 0.25) is 0 Å². The van der Waals surface area contributed by atoms with Gasteiger partial charge in [-0.3, -0.25) is 10.2 Å². The van der Waals surface area contributed by atoms with Crippen LogP contribution in [-0.2, 0) is 7.86 Å². The summed E-state index contributed by atoms with van der Waals surface area (Å²) in [7, 11) is 3.78. The number of nitriles is 1. The van der Waals surface area contributed by atoms with E-state index in [4.69, 9.17) is 14.6 Å². The third-order valence-corrected chi connectivity index (χ3v) is 8.09. The topological polar surface area (TPSA) is 113 Å². The number of amidine groups is 1. The number of likely N-dealkylation sites (tertiary alicyclic amines) is 1. The third-order valence-electron chi connectivity index (χ3n) is 7.58. The molecule has 3 N–H and O–H groups in total. The van der Waals surface area contributed by atoms with Gasteiger partial charge in [0.05, 0.1) is 6.07 Å². The zero-order chi connectivity index (χ0) is 35.8. The van der Waals surface area contributed by atoms with Crippen LogP contribution in [0.15, 0.2) is 54.9 Å². The Hall–Kier alpha value is -3.05. The van der Waals surface area contributed by atoms with Gasteiger partial charge < -0.3 is 19.6 Å². The number of carbonyl (C=O) groups is 1. The first-order valence-electron chi connectivity index (χ1n) is 16.2. The first kappa shape index (κ1) is 43.9. The van der Waals surface area contributed by atoms with Gasteiger partial charge in [0.1, 0.15) is 5.84 Å². The number of allylic oxidation sites excluding steroid dienone is 2. The number of rotatable bonds is 11. The van der Waals surface area contributed by atoms with Crippen molar-refractivity contribution >= 4 is 23.5 Å². The van der Waals surface area contributed by atoms with Crippen molar-refractivity contribution in [2.75, 3.05) is 66.5 Å². The van der Waals surface area contributed by atoms with E-state index < -0.39 is 11.7 Å². The Kier molecular flexibility index (Phi) is 24.3. The van der Waals surface area contributed by atoms with Crippen LogP contribution in [-0.4, -0.2) is 97.9 Å². The van der Waals surface area contributed by atoms with E-state index in [0.29, 0.717) is 38.4 Å². The van der Waals surface area contributed by atoms with Crippen molar-refractivity contribution in [3.8, 4) is 6.07 Å². The fraction of sp³-hybridized carbons (Fsp3) is 0.528. The molecule has 0 spiro atoms. The van der Waals surface area contributed by atoms with Gasteiger partial charge in [-0.2, -0.15) is 5.26 Å². The fourth-order valence-electron chi connectivity index (χ4n) is 5.18. The number of benzene rings is 1. The van der Waals surface area contributed by atoms with E-state index in [1.54, 1.807) is 13.2 Å². The molecule has 0 bridgehead atoms. The summed E-state index contributed by atoms with van der Waals surface area (Å²) in [6, 6.07) is 8.14. The zero-order valence-electron chi connectivity index (χ0n) is 29.7. The number of nitrogens with one attached hydrogen (secondary N) is 1. The van der Waals surface area contributed by atoms with Crippen LogP contribution >= 0.6 is 0 Å². The summed E-state index contributed by atoms with van der Waals surface area (Å²) in [4.78, 5) is 19.9. The van der Waals surface area contributed by atoms with Crippen LogP contribution in [0.1, 0.15) is 70.1 Å². The Morgan fingerprint density at radius 1 is 1.17 bits per heavy atom. The van der Waals surface area contributed by atoms with E-state index in [1.807, 2.05) is 11.8 Å². The Balaban J connectivity index is 0.00000136. The number of hydrogen-bond donors (Lipinski definition) is 2. The standard InChI is InChI=1S/C28H39FN4O.C5H11N.C2H3N.CH5INO/c1-7-11-24-14-10-13-21(4)26(24)25(12-8-2)31(9-3)16-15-22(5)27(30)32-17-19-33(20-18-32)28(34)23(6)29;1-6-4-2-3-5-6;1-2-3;1-4-2-3/h7,10-14,30H,5-6,8-9,15-20H2,1-4H3;2-5H2,1H3;1H3;3H2,1H3/q;;;-1/b11-7-,25-12?,30-27?;;;. The van der Waals surface area contributed by atoms with Gasteiger partial charge in [0, 0.05) is 57.5 Å². The number of nitrogens with two attached hydrogens (primary N) is 1. The van der Waals surface area contributed by atoms with Gasteiger partial charge in [0.15, 0.2) is 5.83 Å². The predicted octanol–water partition coefficient (Wildman–Crippen LogP) is 3.40. The second-order valence-corrected chi connectivity index (χ2v) is 12.4. The normalized spacial score (nSPS) is 14.6. The molecule has 9 nitrogen and oxygen atoms in total. The molecule has 1 aromatic rings. The first-order valence-corrected chi connectivity index (χ1v) is 18.3.